The first-order valence-electron chi connectivity index (χ1n) is 3.38. The molecule has 60 valence electrons. The van der Waals surface area contributed by atoms with Gasteiger partial charge >= 0.3 is 0 Å². The van der Waals surface area contributed by atoms with Gasteiger partial charge in [0.05, 0.1) is 10.7 Å². The number of rotatable bonds is 3. The van der Waals surface area contributed by atoms with Gasteiger partial charge < -0.3 is 9.73 Å². The van der Waals surface area contributed by atoms with Crippen LogP contribution in [0.15, 0.2) is 27.3 Å². The third kappa shape index (κ3) is 2.52. The molecule has 0 aliphatic heterocycles. The number of furan rings is 1. The zero-order valence-corrected chi connectivity index (χ0v) is 7.89. The molecule has 0 atom stereocenters. The predicted octanol–water partition coefficient (Wildman–Crippen LogP) is 2.27. The summed E-state index contributed by atoms with van der Waals surface area (Å²) in [6.07, 6.45) is 5.59. The number of halogens is 1. The molecule has 0 unspecified atom stereocenters. The van der Waals surface area contributed by atoms with Crippen LogP contribution in [-0.4, -0.2) is 13.6 Å². The fourth-order valence-corrected chi connectivity index (χ4v) is 1.04. The summed E-state index contributed by atoms with van der Waals surface area (Å²) in [5.41, 5.74) is 0. The summed E-state index contributed by atoms with van der Waals surface area (Å²) in [6.45, 7) is 0.854. The zero-order valence-electron chi connectivity index (χ0n) is 6.30. The highest BCUT2D eigenvalue weighted by atomic mass is 79.9. The lowest BCUT2D eigenvalue weighted by atomic mass is 10.4. The van der Waals surface area contributed by atoms with Crippen LogP contribution in [0.2, 0.25) is 0 Å². The molecule has 0 saturated carbocycles. The fraction of sp³-hybridized carbons (Fsp3) is 0.250. The molecule has 1 rings (SSSR count). The molecule has 2 nitrogen and oxygen atoms in total. The maximum atomic E-state index is 5.15. The highest BCUT2D eigenvalue weighted by Gasteiger charge is 1.95. The van der Waals surface area contributed by atoms with Crippen LogP contribution < -0.4 is 5.32 Å². The van der Waals surface area contributed by atoms with E-state index in [1.54, 1.807) is 6.26 Å². The molecule has 1 heterocycles. The van der Waals surface area contributed by atoms with Crippen LogP contribution in [0.4, 0.5) is 0 Å². The van der Waals surface area contributed by atoms with Crippen molar-refractivity contribution in [1.29, 1.82) is 0 Å². The van der Waals surface area contributed by atoms with Crippen molar-refractivity contribution in [1.82, 2.24) is 5.32 Å². The Kier molecular flexibility index (Phi) is 3.39. The van der Waals surface area contributed by atoms with E-state index in [1.165, 1.54) is 0 Å². The molecule has 1 aromatic rings. The number of hydrogen-bond acceptors (Lipinski definition) is 2. The maximum absolute atomic E-state index is 5.15. The van der Waals surface area contributed by atoms with Crippen molar-refractivity contribution in [3.8, 4) is 0 Å². The molecule has 1 N–H and O–H groups in total. The van der Waals surface area contributed by atoms with Gasteiger partial charge in [-0.15, -0.1) is 0 Å². The van der Waals surface area contributed by atoms with Gasteiger partial charge in [0.1, 0.15) is 5.76 Å². The Morgan fingerprint density at radius 1 is 1.73 bits per heavy atom. The molecule has 0 saturated heterocycles. The minimum atomic E-state index is 0.854. The van der Waals surface area contributed by atoms with Gasteiger partial charge in [0, 0.05) is 6.54 Å². The first-order chi connectivity index (χ1) is 5.34. The SMILES string of the molecule is CNCC=Cc1occc1Br. The van der Waals surface area contributed by atoms with Crippen molar-refractivity contribution in [3.63, 3.8) is 0 Å². The summed E-state index contributed by atoms with van der Waals surface area (Å²) < 4.78 is 6.14. The summed E-state index contributed by atoms with van der Waals surface area (Å²) in [4.78, 5) is 0. The van der Waals surface area contributed by atoms with Gasteiger partial charge in [-0.2, -0.15) is 0 Å². The van der Waals surface area contributed by atoms with E-state index in [9.17, 15) is 0 Å². The highest BCUT2D eigenvalue weighted by molar-refractivity contribution is 9.10. The summed E-state index contributed by atoms with van der Waals surface area (Å²) in [5, 5.41) is 3.01. The Balaban J connectivity index is 2.56. The van der Waals surface area contributed by atoms with Gasteiger partial charge in [-0.1, -0.05) is 6.08 Å². The average Bonchev–Trinajstić information content (AvgIpc) is 2.37. The Labute approximate surface area is 74.4 Å². The highest BCUT2D eigenvalue weighted by Crippen LogP contribution is 2.18. The summed E-state index contributed by atoms with van der Waals surface area (Å²) in [5.74, 6) is 0.861. The molecule has 0 aliphatic rings. The van der Waals surface area contributed by atoms with Gasteiger partial charge in [-0.05, 0) is 35.1 Å². The molecule has 0 amide bonds. The summed E-state index contributed by atoms with van der Waals surface area (Å²) in [7, 11) is 1.90. The second-order valence-electron chi connectivity index (χ2n) is 2.09. The molecule has 0 radical (unpaired) electrons. The van der Waals surface area contributed by atoms with Gasteiger partial charge in [-0.25, -0.2) is 0 Å². The Hall–Kier alpha value is -0.540. The Morgan fingerprint density at radius 3 is 3.09 bits per heavy atom. The largest absolute Gasteiger partial charge is 0.464 e. The van der Waals surface area contributed by atoms with E-state index >= 15 is 0 Å². The van der Waals surface area contributed by atoms with Crippen molar-refractivity contribution in [2.45, 2.75) is 0 Å². The molecular formula is C8H10BrNO. The van der Waals surface area contributed by atoms with Crippen LogP contribution in [0, 0.1) is 0 Å². The standard InChI is InChI=1S/C8H10BrNO/c1-10-5-2-3-8-7(9)4-6-11-8/h2-4,6,10H,5H2,1H3. The fourth-order valence-electron chi connectivity index (χ4n) is 0.708. The minimum Gasteiger partial charge on any atom is -0.464 e. The minimum absolute atomic E-state index is 0.854. The topological polar surface area (TPSA) is 25.2 Å². The lowest BCUT2D eigenvalue weighted by molar-refractivity contribution is 0.555. The van der Waals surface area contributed by atoms with Gasteiger partial charge in [-0.3, -0.25) is 0 Å². The zero-order chi connectivity index (χ0) is 8.10. The van der Waals surface area contributed by atoms with Crippen molar-refractivity contribution in [3.05, 3.63) is 28.6 Å². The third-order valence-corrected chi connectivity index (χ3v) is 1.89. The Morgan fingerprint density at radius 2 is 2.55 bits per heavy atom. The normalized spacial score (nSPS) is 11.1. The number of nitrogens with one attached hydrogen (secondary N) is 1. The molecule has 0 spiro atoms. The first-order valence-corrected chi connectivity index (χ1v) is 4.18. The lowest BCUT2D eigenvalue weighted by Gasteiger charge is -1.88. The summed E-state index contributed by atoms with van der Waals surface area (Å²) in [6, 6.07) is 1.87. The van der Waals surface area contributed by atoms with Crippen LogP contribution in [0.1, 0.15) is 5.76 Å². The van der Waals surface area contributed by atoms with Crippen molar-refractivity contribution in [2.75, 3.05) is 13.6 Å². The van der Waals surface area contributed by atoms with E-state index in [4.69, 9.17) is 4.42 Å². The van der Waals surface area contributed by atoms with E-state index in [0.29, 0.717) is 0 Å². The van der Waals surface area contributed by atoms with E-state index in [-0.39, 0.29) is 0 Å². The van der Waals surface area contributed by atoms with Gasteiger partial charge in [0.25, 0.3) is 0 Å². The smallest absolute Gasteiger partial charge is 0.140 e. The van der Waals surface area contributed by atoms with E-state index < -0.39 is 0 Å². The molecule has 3 heteroatoms. The molecule has 0 aromatic carbocycles. The van der Waals surface area contributed by atoms with Crippen LogP contribution in [-0.2, 0) is 0 Å². The monoisotopic (exact) mass is 215 g/mol. The average molecular weight is 216 g/mol. The van der Waals surface area contributed by atoms with E-state index in [1.807, 2.05) is 25.3 Å². The van der Waals surface area contributed by atoms with Crippen LogP contribution in [0.5, 0.6) is 0 Å². The molecule has 1 aromatic heterocycles. The van der Waals surface area contributed by atoms with Crippen LogP contribution in [0.25, 0.3) is 6.08 Å². The lowest BCUT2D eigenvalue weighted by Crippen LogP contribution is -2.03. The second kappa shape index (κ2) is 4.36. The Bertz CT molecular complexity index is 242. The molecule has 0 fully saturated rings. The van der Waals surface area contributed by atoms with Crippen LogP contribution >= 0.6 is 15.9 Å². The van der Waals surface area contributed by atoms with E-state index in [2.05, 4.69) is 21.2 Å². The third-order valence-electron chi connectivity index (χ3n) is 1.24. The van der Waals surface area contributed by atoms with Crippen molar-refractivity contribution >= 4 is 22.0 Å². The molecule has 11 heavy (non-hydrogen) atoms. The quantitative estimate of drug-likeness (QED) is 0.838. The molecule has 0 aliphatic carbocycles. The van der Waals surface area contributed by atoms with Crippen molar-refractivity contribution < 1.29 is 4.42 Å². The number of likely N-dealkylation sites (N-methyl/N-ethyl adjacent to an activating group) is 1. The van der Waals surface area contributed by atoms with Gasteiger partial charge in [0.15, 0.2) is 0 Å². The predicted molar refractivity (Wildman–Crippen MR) is 49.4 cm³/mol. The van der Waals surface area contributed by atoms with E-state index in [0.717, 1.165) is 16.8 Å². The van der Waals surface area contributed by atoms with Crippen LogP contribution in [0.3, 0.4) is 0 Å². The second-order valence-corrected chi connectivity index (χ2v) is 2.95. The first kappa shape index (κ1) is 8.56. The van der Waals surface area contributed by atoms with Crippen molar-refractivity contribution in [2.24, 2.45) is 0 Å². The number of hydrogen-bond donors (Lipinski definition) is 1. The van der Waals surface area contributed by atoms with Gasteiger partial charge in [0.2, 0.25) is 0 Å². The maximum Gasteiger partial charge on any atom is 0.140 e. The molecule has 0 bridgehead atoms. The molecular weight excluding hydrogens is 206 g/mol. The summed E-state index contributed by atoms with van der Waals surface area (Å²) >= 11 is 3.35.